The molecule has 7 nitrogen and oxygen atoms in total. The quantitative estimate of drug-likeness (QED) is 0.646. The fourth-order valence-electron chi connectivity index (χ4n) is 2.16. The van der Waals surface area contributed by atoms with Gasteiger partial charge in [-0.3, -0.25) is 4.79 Å². The summed E-state index contributed by atoms with van der Waals surface area (Å²) in [6.07, 6.45) is 1.75. The van der Waals surface area contributed by atoms with E-state index in [2.05, 4.69) is 4.72 Å². The van der Waals surface area contributed by atoms with Crippen molar-refractivity contribution < 1.29 is 17.9 Å². The third kappa shape index (κ3) is 5.35. The molecule has 1 heterocycles. The van der Waals surface area contributed by atoms with Gasteiger partial charge in [0.25, 0.3) is 0 Å². The highest BCUT2D eigenvalue weighted by molar-refractivity contribution is 7.89. The second-order valence-corrected chi connectivity index (χ2v) is 7.05. The highest BCUT2D eigenvalue weighted by Gasteiger charge is 2.27. The number of amides is 1. The zero-order valence-corrected chi connectivity index (χ0v) is 13.0. The van der Waals surface area contributed by atoms with Crippen molar-refractivity contribution in [1.82, 2.24) is 9.62 Å². The van der Waals surface area contributed by atoms with Crippen molar-refractivity contribution in [2.75, 3.05) is 32.6 Å². The van der Waals surface area contributed by atoms with Crippen molar-refractivity contribution in [1.29, 1.82) is 0 Å². The minimum atomic E-state index is -3.18. The van der Waals surface area contributed by atoms with Crippen LogP contribution in [0.1, 0.15) is 26.2 Å². The molecule has 8 heteroatoms. The normalized spacial score (nSPS) is 19.1. The van der Waals surface area contributed by atoms with E-state index in [0.29, 0.717) is 39.0 Å². The van der Waals surface area contributed by atoms with Crippen molar-refractivity contribution in [3.05, 3.63) is 0 Å². The van der Waals surface area contributed by atoms with Gasteiger partial charge in [-0.1, -0.05) is 0 Å². The molecular formula is C12H25N3O4S. The lowest BCUT2D eigenvalue weighted by atomic mass is 10.0. The fourth-order valence-corrected chi connectivity index (χ4v) is 3.07. The van der Waals surface area contributed by atoms with Crippen LogP contribution < -0.4 is 10.5 Å². The average molecular weight is 307 g/mol. The highest BCUT2D eigenvalue weighted by atomic mass is 32.2. The lowest BCUT2D eigenvalue weighted by Crippen LogP contribution is -2.51. The van der Waals surface area contributed by atoms with Gasteiger partial charge in [-0.05, 0) is 26.2 Å². The zero-order valence-electron chi connectivity index (χ0n) is 12.2. The van der Waals surface area contributed by atoms with Crippen molar-refractivity contribution >= 4 is 15.9 Å². The SMILES string of the molecule is CCS(=O)(=O)NC1CCN(C(=O)C(N)CCOC)CC1. The Hall–Kier alpha value is -0.700. The van der Waals surface area contributed by atoms with Gasteiger partial charge in [-0.25, -0.2) is 13.1 Å². The van der Waals surface area contributed by atoms with Gasteiger partial charge < -0.3 is 15.4 Å². The number of piperidine rings is 1. The topological polar surface area (TPSA) is 102 Å². The predicted molar refractivity (Wildman–Crippen MR) is 76.7 cm³/mol. The molecule has 0 spiro atoms. The van der Waals surface area contributed by atoms with Crippen LogP contribution in [0.2, 0.25) is 0 Å². The average Bonchev–Trinajstić information content (AvgIpc) is 2.44. The van der Waals surface area contributed by atoms with Gasteiger partial charge in [0.15, 0.2) is 0 Å². The number of likely N-dealkylation sites (tertiary alicyclic amines) is 1. The number of methoxy groups -OCH3 is 1. The van der Waals surface area contributed by atoms with E-state index in [9.17, 15) is 13.2 Å². The lowest BCUT2D eigenvalue weighted by Gasteiger charge is -2.33. The molecule has 1 atom stereocenters. The Morgan fingerprint density at radius 1 is 1.45 bits per heavy atom. The number of carbonyl (C=O) groups excluding carboxylic acids is 1. The molecular weight excluding hydrogens is 282 g/mol. The predicted octanol–water partition coefficient (Wildman–Crippen LogP) is -0.719. The number of carbonyl (C=O) groups is 1. The number of hydrogen-bond acceptors (Lipinski definition) is 5. The summed E-state index contributed by atoms with van der Waals surface area (Å²) in [5.74, 6) is -0.00698. The number of sulfonamides is 1. The molecule has 20 heavy (non-hydrogen) atoms. The van der Waals surface area contributed by atoms with Crippen LogP contribution >= 0.6 is 0 Å². The minimum Gasteiger partial charge on any atom is -0.385 e. The maximum atomic E-state index is 12.1. The van der Waals surface area contributed by atoms with Crippen LogP contribution in [-0.2, 0) is 19.6 Å². The van der Waals surface area contributed by atoms with E-state index in [-0.39, 0.29) is 17.7 Å². The van der Waals surface area contributed by atoms with E-state index in [1.54, 1.807) is 18.9 Å². The maximum Gasteiger partial charge on any atom is 0.239 e. The smallest absolute Gasteiger partial charge is 0.239 e. The van der Waals surface area contributed by atoms with E-state index in [1.807, 2.05) is 0 Å². The molecule has 0 saturated carbocycles. The fraction of sp³-hybridized carbons (Fsp3) is 0.917. The Bertz CT molecular complexity index is 405. The van der Waals surface area contributed by atoms with Gasteiger partial charge in [-0.2, -0.15) is 0 Å². The number of nitrogens with one attached hydrogen (secondary N) is 1. The van der Waals surface area contributed by atoms with Gasteiger partial charge in [0.05, 0.1) is 11.8 Å². The van der Waals surface area contributed by atoms with Gasteiger partial charge >= 0.3 is 0 Å². The molecule has 1 unspecified atom stereocenters. The number of ether oxygens (including phenoxy) is 1. The van der Waals surface area contributed by atoms with Crippen molar-refractivity contribution in [3.8, 4) is 0 Å². The first-order chi connectivity index (χ1) is 9.39. The van der Waals surface area contributed by atoms with E-state index in [1.165, 1.54) is 0 Å². The van der Waals surface area contributed by atoms with Gasteiger partial charge in [0, 0.05) is 32.8 Å². The number of rotatable bonds is 7. The molecule has 0 aromatic carbocycles. The molecule has 1 saturated heterocycles. The molecule has 0 radical (unpaired) electrons. The van der Waals surface area contributed by atoms with Crippen molar-refractivity contribution in [3.63, 3.8) is 0 Å². The molecule has 3 N–H and O–H groups in total. The molecule has 0 aromatic heterocycles. The Morgan fingerprint density at radius 3 is 2.55 bits per heavy atom. The Labute approximate surface area is 120 Å². The molecule has 1 amide bonds. The lowest BCUT2D eigenvalue weighted by molar-refractivity contribution is -0.134. The molecule has 1 aliphatic rings. The Kier molecular flexibility index (Phi) is 6.87. The maximum absolute atomic E-state index is 12.1. The van der Waals surface area contributed by atoms with E-state index in [4.69, 9.17) is 10.5 Å². The molecule has 1 fully saturated rings. The number of hydrogen-bond donors (Lipinski definition) is 2. The summed E-state index contributed by atoms with van der Waals surface area (Å²) in [6, 6.07) is -0.627. The summed E-state index contributed by atoms with van der Waals surface area (Å²) >= 11 is 0. The summed E-state index contributed by atoms with van der Waals surface area (Å²) in [4.78, 5) is 13.8. The molecule has 0 bridgehead atoms. The van der Waals surface area contributed by atoms with Gasteiger partial charge in [0.2, 0.25) is 15.9 Å². The Morgan fingerprint density at radius 2 is 2.05 bits per heavy atom. The third-order valence-corrected chi connectivity index (χ3v) is 4.94. The van der Waals surface area contributed by atoms with Crippen LogP contribution in [0.15, 0.2) is 0 Å². The molecule has 0 aliphatic carbocycles. The third-order valence-electron chi connectivity index (χ3n) is 3.48. The zero-order chi connectivity index (χ0) is 15.2. The first-order valence-corrected chi connectivity index (χ1v) is 8.58. The standard InChI is InChI=1S/C12H25N3O4S/c1-3-20(17,18)14-10-4-7-15(8-5-10)12(16)11(13)6-9-19-2/h10-11,14H,3-9,13H2,1-2H3. The number of nitrogens with zero attached hydrogens (tertiary/aromatic N) is 1. The van der Waals surface area contributed by atoms with Crippen LogP contribution in [-0.4, -0.2) is 63.9 Å². The summed E-state index contributed by atoms with van der Waals surface area (Å²) in [5, 5.41) is 0. The van der Waals surface area contributed by atoms with Crippen LogP contribution in [0.25, 0.3) is 0 Å². The van der Waals surface area contributed by atoms with Crippen molar-refractivity contribution in [2.24, 2.45) is 5.73 Å². The summed E-state index contributed by atoms with van der Waals surface area (Å²) in [5.41, 5.74) is 5.81. The van der Waals surface area contributed by atoms with Gasteiger partial charge in [-0.15, -0.1) is 0 Å². The molecule has 1 aliphatic heterocycles. The van der Waals surface area contributed by atoms with Gasteiger partial charge in [0.1, 0.15) is 0 Å². The van der Waals surface area contributed by atoms with E-state index < -0.39 is 16.1 Å². The second kappa shape index (κ2) is 7.92. The molecule has 0 aromatic rings. The van der Waals surface area contributed by atoms with Crippen molar-refractivity contribution in [2.45, 2.75) is 38.3 Å². The van der Waals surface area contributed by atoms with Crippen LogP contribution in [0.4, 0.5) is 0 Å². The van der Waals surface area contributed by atoms with Crippen LogP contribution in [0.3, 0.4) is 0 Å². The summed E-state index contributed by atoms with van der Waals surface area (Å²) in [7, 11) is -1.61. The monoisotopic (exact) mass is 307 g/mol. The minimum absolute atomic E-state index is 0.0774. The number of nitrogens with two attached hydrogens (primary N) is 1. The van der Waals surface area contributed by atoms with E-state index in [0.717, 1.165) is 0 Å². The highest BCUT2D eigenvalue weighted by Crippen LogP contribution is 2.13. The molecule has 1 rings (SSSR count). The first kappa shape index (κ1) is 17.4. The first-order valence-electron chi connectivity index (χ1n) is 6.93. The largest absolute Gasteiger partial charge is 0.385 e. The molecule has 118 valence electrons. The van der Waals surface area contributed by atoms with Crippen LogP contribution in [0, 0.1) is 0 Å². The summed E-state index contributed by atoms with van der Waals surface area (Å²) in [6.45, 7) is 3.14. The summed E-state index contributed by atoms with van der Waals surface area (Å²) < 4.78 is 30.5. The Balaban J connectivity index is 2.40. The second-order valence-electron chi connectivity index (χ2n) is 5.01. The van der Waals surface area contributed by atoms with Crippen LogP contribution in [0.5, 0.6) is 0 Å². The van der Waals surface area contributed by atoms with E-state index >= 15 is 0 Å².